The largest absolute Gasteiger partial charge is 0.312 e. The fourth-order valence-corrected chi connectivity index (χ4v) is 1.42. The first-order valence-electron chi connectivity index (χ1n) is 4.17. The number of hydrogen-bond donors (Lipinski definition) is 1. The third-order valence-electron chi connectivity index (χ3n) is 2.19. The molecule has 1 N–H and O–H groups in total. The van der Waals surface area contributed by atoms with Crippen molar-refractivity contribution in [1.29, 1.82) is 0 Å². The molecule has 0 aliphatic carbocycles. The van der Waals surface area contributed by atoms with Gasteiger partial charge in [0.15, 0.2) is 0 Å². The average Bonchev–Trinajstić information content (AvgIpc) is 2.03. The fraction of sp³-hybridized carbons (Fsp3) is 0.778. The normalized spacial score (nSPS) is 29.4. The Hall–Kier alpha value is -0.520. The molecule has 1 saturated heterocycles. The van der Waals surface area contributed by atoms with Crippen LogP contribution in [0.5, 0.6) is 0 Å². The molecule has 0 aromatic carbocycles. The van der Waals surface area contributed by atoms with Gasteiger partial charge in [-0.15, -0.1) is 6.42 Å². The van der Waals surface area contributed by atoms with Crippen molar-refractivity contribution in [3.8, 4) is 12.3 Å². The Labute approximate surface area is 69.0 Å². The first-order valence-corrected chi connectivity index (χ1v) is 4.17. The van der Waals surface area contributed by atoms with E-state index in [1.165, 1.54) is 0 Å². The number of nitrogens with zero attached hydrogens (tertiary/aromatic N) is 1. The molecule has 0 aromatic heterocycles. The van der Waals surface area contributed by atoms with Gasteiger partial charge in [0, 0.05) is 25.7 Å². The molecule has 0 bridgehead atoms. The molecule has 1 fully saturated rings. The van der Waals surface area contributed by atoms with E-state index >= 15 is 0 Å². The maximum atomic E-state index is 5.34. The molecule has 1 rings (SSSR count). The standard InChI is InChI=1S/C9H16N2/c1-4-9(3)11-6-5-10-8(2)7-11/h1,8-10H,5-7H2,2-3H3/t8-,9?/m0/s1. The molecule has 11 heavy (non-hydrogen) atoms. The lowest BCUT2D eigenvalue weighted by molar-refractivity contribution is 0.187. The quantitative estimate of drug-likeness (QED) is 0.544. The molecule has 1 unspecified atom stereocenters. The molecule has 0 saturated carbocycles. The molecule has 0 radical (unpaired) electrons. The Morgan fingerprint density at radius 1 is 1.73 bits per heavy atom. The molecule has 0 spiro atoms. The van der Waals surface area contributed by atoms with E-state index < -0.39 is 0 Å². The van der Waals surface area contributed by atoms with Crippen LogP contribution in [0.3, 0.4) is 0 Å². The van der Waals surface area contributed by atoms with E-state index in [0.29, 0.717) is 12.1 Å². The SMILES string of the molecule is C#CC(C)N1CCN[C@@H](C)C1. The average molecular weight is 152 g/mol. The second kappa shape index (κ2) is 3.75. The second-order valence-electron chi connectivity index (χ2n) is 3.19. The molecule has 1 heterocycles. The van der Waals surface area contributed by atoms with Crippen LogP contribution in [0.15, 0.2) is 0 Å². The maximum absolute atomic E-state index is 5.34. The summed E-state index contributed by atoms with van der Waals surface area (Å²) in [6, 6.07) is 0.874. The third-order valence-corrected chi connectivity index (χ3v) is 2.19. The van der Waals surface area contributed by atoms with E-state index in [0.717, 1.165) is 19.6 Å². The van der Waals surface area contributed by atoms with Crippen molar-refractivity contribution in [1.82, 2.24) is 10.2 Å². The van der Waals surface area contributed by atoms with Gasteiger partial charge in [0.2, 0.25) is 0 Å². The zero-order chi connectivity index (χ0) is 8.27. The first-order chi connectivity index (χ1) is 5.24. The highest BCUT2D eigenvalue weighted by atomic mass is 15.2. The lowest BCUT2D eigenvalue weighted by Gasteiger charge is -2.33. The van der Waals surface area contributed by atoms with Gasteiger partial charge >= 0.3 is 0 Å². The maximum Gasteiger partial charge on any atom is 0.0684 e. The van der Waals surface area contributed by atoms with E-state index in [4.69, 9.17) is 6.42 Å². The van der Waals surface area contributed by atoms with Crippen molar-refractivity contribution in [2.24, 2.45) is 0 Å². The Balaban J connectivity index is 2.40. The van der Waals surface area contributed by atoms with Crippen molar-refractivity contribution in [3.63, 3.8) is 0 Å². The van der Waals surface area contributed by atoms with Crippen LogP contribution >= 0.6 is 0 Å². The van der Waals surface area contributed by atoms with Gasteiger partial charge in [-0.3, -0.25) is 4.90 Å². The molecular formula is C9H16N2. The van der Waals surface area contributed by atoms with Gasteiger partial charge in [-0.2, -0.15) is 0 Å². The van der Waals surface area contributed by atoms with E-state index in [1.807, 2.05) is 0 Å². The van der Waals surface area contributed by atoms with Gasteiger partial charge in [-0.25, -0.2) is 0 Å². The predicted octanol–water partition coefficient (Wildman–Crippen LogP) is 0.302. The summed E-state index contributed by atoms with van der Waals surface area (Å²) in [5, 5.41) is 3.38. The Morgan fingerprint density at radius 3 is 3.00 bits per heavy atom. The summed E-state index contributed by atoms with van der Waals surface area (Å²) in [5.41, 5.74) is 0. The van der Waals surface area contributed by atoms with Crippen molar-refractivity contribution in [3.05, 3.63) is 0 Å². The topological polar surface area (TPSA) is 15.3 Å². The number of piperazine rings is 1. The van der Waals surface area contributed by atoms with Crippen molar-refractivity contribution < 1.29 is 0 Å². The Kier molecular flexibility index (Phi) is 2.92. The van der Waals surface area contributed by atoms with Crippen LogP contribution in [0, 0.1) is 12.3 Å². The number of terminal acetylenes is 1. The fourth-order valence-electron chi connectivity index (χ4n) is 1.42. The van der Waals surface area contributed by atoms with E-state index in [9.17, 15) is 0 Å². The molecular weight excluding hydrogens is 136 g/mol. The zero-order valence-corrected chi connectivity index (χ0v) is 7.30. The predicted molar refractivity (Wildman–Crippen MR) is 47.3 cm³/mol. The highest BCUT2D eigenvalue weighted by Crippen LogP contribution is 2.02. The lowest BCUT2D eigenvalue weighted by atomic mass is 10.2. The Bertz CT molecular complexity index is 159. The van der Waals surface area contributed by atoms with Gasteiger partial charge in [0.1, 0.15) is 0 Å². The van der Waals surface area contributed by atoms with Crippen LogP contribution in [0.4, 0.5) is 0 Å². The van der Waals surface area contributed by atoms with Crippen LogP contribution in [-0.2, 0) is 0 Å². The van der Waals surface area contributed by atoms with Crippen molar-refractivity contribution in [2.45, 2.75) is 25.9 Å². The number of nitrogens with one attached hydrogen (secondary N) is 1. The highest BCUT2D eigenvalue weighted by Gasteiger charge is 2.18. The summed E-state index contributed by atoms with van der Waals surface area (Å²) in [6.45, 7) is 7.49. The van der Waals surface area contributed by atoms with Gasteiger partial charge in [-0.05, 0) is 13.8 Å². The molecule has 2 atom stereocenters. The third kappa shape index (κ3) is 2.21. The first kappa shape index (κ1) is 8.58. The molecule has 1 aliphatic rings. The molecule has 1 aliphatic heterocycles. The molecule has 2 nitrogen and oxygen atoms in total. The molecule has 62 valence electrons. The summed E-state index contributed by atoms with van der Waals surface area (Å²) >= 11 is 0. The summed E-state index contributed by atoms with van der Waals surface area (Å²) in [4.78, 5) is 2.33. The number of rotatable bonds is 1. The smallest absolute Gasteiger partial charge is 0.0684 e. The highest BCUT2D eigenvalue weighted by molar-refractivity contribution is 4.98. The summed E-state index contributed by atoms with van der Waals surface area (Å²) in [5.74, 6) is 2.75. The van der Waals surface area contributed by atoms with Gasteiger partial charge < -0.3 is 5.32 Å². The van der Waals surface area contributed by atoms with E-state index in [1.54, 1.807) is 0 Å². The summed E-state index contributed by atoms with van der Waals surface area (Å²) < 4.78 is 0. The van der Waals surface area contributed by atoms with E-state index in [-0.39, 0.29) is 0 Å². The van der Waals surface area contributed by atoms with Crippen LogP contribution in [0.2, 0.25) is 0 Å². The van der Waals surface area contributed by atoms with Gasteiger partial charge in [0.05, 0.1) is 6.04 Å². The summed E-state index contributed by atoms with van der Waals surface area (Å²) in [6.07, 6.45) is 5.34. The molecule has 0 amide bonds. The van der Waals surface area contributed by atoms with Gasteiger partial charge in [0.25, 0.3) is 0 Å². The minimum Gasteiger partial charge on any atom is -0.312 e. The van der Waals surface area contributed by atoms with Crippen LogP contribution in [0.1, 0.15) is 13.8 Å². The zero-order valence-electron chi connectivity index (χ0n) is 7.30. The van der Waals surface area contributed by atoms with Crippen molar-refractivity contribution >= 4 is 0 Å². The summed E-state index contributed by atoms with van der Waals surface area (Å²) in [7, 11) is 0. The van der Waals surface area contributed by atoms with Crippen LogP contribution < -0.4 is 5.32 Å². The molecule has 0 aromatic rings. The molecule has 2 heteroatoms. The Morgan fingerprint density at radius 2 is 2.45 bits per heavy atom. The van der Waals surface area contributed by atoms with Gasteiger partial charge in [-0.1, -0.05) is 5.92 Å². The minimum atomic E-state index is 0.291. The van der Waals surface area contributed by atoms with E-state index in [2.05, 4.69) is 30.0 Å². The van der Waals surface area contributed by atoms with Crippen LogP contribution in [0.25, 0.3) is 0 Å². The lowest BCUT2D eigenvalue weighted by Crippen LogP contribution is -2.51. The number of hydrogen-bond acceptors (Lipinski definition) is 2. The monoisotopic (exact) mass is 152 g/mol. The second-order valence-corrected chi connectivity index (χ2v) is 3.19. The minimum absolute atomic E-state index is 0.291. The van der Waals surface area contributed by atoms with Crippen molar-refractivity contribution in [2.75, 3.05) is 19.6 Å². The van der Waals surface area contributed by atoms with Crippen LogP contribution in [-0.4, -0.2) is 36.6 Å².